The third-order valence-corrected chi connectivity index (χ3v) is 10.2. The maximum Gasteiger partial charge on any atom is 0.271 e. The molecule has 4 aromatic rings. The molecule has 7 rings (SSSR count). The van der Waals surface area contributed by atoms with E-state index < -0.39 is 51.8 Å². The second-order valence-corrected chi connectivity index (χ2v) is 13.4. The van der Waals surface area contributed by atoms with E-state index in [1.54, 1.807) is 32.1 Å². The molecule has 0 saturated carbocycles. The molecule has 50 heavy (non-hydrogen) atoms. The zero-order chi connectivity index (χ0) is 35.8. The molecule has 0 spiro atoms. The first-order valence-electron chi connectivity index (χ1n) is 14.1. The fourth-order valence-electron chi connectivity index (χ4n) is 5.84. The zero-order valence-electron chi connectivity index (χ0n) is 25.2. The van der Waals surface area contributed by atoms with Crippen LogP contribution in [0.4, 0.5) is 27.6 Å². The molecule has 15 heteroatoms. The van der Waals surface area contributed by atoms with Crippen LogP contribution >= 0.6 is 22.7 Å². The van der Waals surface area contributed by atoms with E-state index in [-0.39, 0.29) is 54.8 Å². The van der Waals surface area contributed by atoms with E-state index in [0.29, 0.717) is 33.2 Å². The highest BCUT2D eigenvalue weighted by molar-refractivity contribution is 7.26. The van der Waals surface area contributed by atoms with Gasteiger partial charge in [0.1, 0.15) is 32.8 Å². The van der Waals surface area contributed by atoms with Crippen molar-refractivity contribution in [1.82, 2.24) is 0 Å². The van der Waals surface area contributed by atoms with Gasteiger partial charge in [0.25, 0.3) is 11.4 Å². The maximum absolute atomic E-state index is 14.2. The van der Waals surface area contributed by atoms with Gasteiger partial charge in [0.05, 0.1) is 35.0 Å². The van der Waals surface area contributed by atoms with Gasteiger partial charge in [-0.2, -0.15) is 0 Å². The number of benzene rings is 2. The Kier molecular flexibility index (Phi) is 7.23. The van der Waals surface area contributed by atoms with Crippen molar-refractivity contribution in [2.24, 2.45) is 9.98 Å². The van der Waals surface area contributed by atoms with Crippen LogP contribution in [-0.2, 0) is 5.60 Å². The number of aliphatic imine (C=N–C) groups is 2. The number of nitrogens with zero attached hydrogens (tertiary/aromatic N) is 6. The average Bonchev–Trinajstić information content (AvgIpc) is 3.81. The number of ether oxygens (including phenoxy) is 1. The minimum absolute atomic E-state index is 0.130. The van der Waals surface area contributed by atoms with E-state index in [4.69, 9.17) is 17.9 Å². The molecule has 0 N–H and O–H groups in total. The maximum atomic E-state index is 14.2. The number of carbonyl (C=O) groups excluding carboxylic acids is 2. The summed E-state index contributed by atoms with van der Waals surface area (Å²) in [6, 6.07) is 9.43. The molecule has 2 aliphatic carbocycles. The van der Waals surface area contributed by atoms with Gasteiger partial charge < -0.3 is 4.74 Å². The van der Waals surface area contributed by atoms with Crippen LogP contribution in [0.3, 0.4) is 0 Å². The van der Waals surface area contributed by atoms with Crippen molar-refractivity contribution in [3.63, 3.8) is 0 Å². The lowest BCUT2D eigenvalue weighted by Crippen LogP contribution is -2.27. The van der Waals surface area contributed by atoms with Crippen LogP contribution in [0.2, 0.25) is 0 Å². The Labute approximate surface area is 287 Å². The van der Waals surface area contributed by atoms with Crippen molar-refractivity contribution in [1.29, 1.82) is 10.5 Å². The molecule has 0 bridgehead atoms. The second kappa shape index (κ2) is 11.3. The number of rotatable bonds is 2. The lowest BCUT2D eigenvalue weighted by Gasteiger charge is -2.30. The van der Waals surface area contributed by atoms with Crippen LogP contribution in [0.25, 0.3) is 30.6 Å². The van der Waals surface area contributed by atoms with Gasteiger partial charge in [-0.1, -0.05) is 0 Å². The standard InChI is InChI=1S/C35H12F4N6O3S2/c1-35(2)17-9-25(44-29-27(22(11-40)42-3)13-5-18(36)20(38)7-15(13)31(29)46)49-33(17)34-24(48-35)10-26(50-34)45-30-28(23(12-41)43-4)14-6-19(37)21(39)8-16(14)32(30)47/h5-10H,1-2H3/b27-22+,28-23?,44-29?,45-30?. The summed E-state index contributed by atoms with van der Waals surface area (Å²) in [7, 11) is 0. The van der Waals surface area contributed by atoms with Gasteiger partial charge in [0.15, 0.2) is 23.3 Å². The first-order valence-corrected chi connectivity index (χ1v) is 15.7. The van der Waals surface area contributed by atoms with Gasteiger partial charge >= 0.3 is 0 Å². The van der Waals surface area contributed by atoms with Crippen molar-refractivity contribution in [2.75, 3.05) is 0 Å². The number of hydrogen-bond acceptors (Lipinski definition) is 9. The van der Waals surface area contributed by atoms with Crippen LogP contribution in [0.5, 0.6) is 5.75 Å². The molecule has 0 unspecified atom stereocenters. The highest BCUT2D eigenvalue weighted by atomic mass is 32.1. The number of Topliss-reactive ketones (excluding diaryl/α,β-unsaturated/α-hetero) is 2. The highest BCUT2D eigenvalue weighted by Crippen LogP contribution is 2.56. The largest absolute Gasteiger partial charge is 0.481 e. The summed E-state index contributed by atoms with van der Waals surface area (Å²) in [6.45, 7) is 18.4. The number of halogens is 4. The van der Waals surface area contributed by atoms with Gasteiger partial charge in [-0.15, -0.1) is 22.7 Å². The van der Waals surface area contributed by atoms with Crippen molar-refractivity contribution in [3.8, 4) is 27.6 Å². The molecule has 3 heterocycles. The molecule has 2 aromatic carbocycles. The van der Waals surface area contributed by atoms with Crippen molar-refractivity contribution >= 4 is 66.8 Å². The summed E-state index contributed by atoms with van der Waals surface area (Å²) >= 11 is 2.18. The predicted molar refractivity (Wildman–Crippen MR) is 175 cm³/mol. The van der Waals surface area contributed by atoms with Crippen molar-refractivity contribution in [2.45, 2.75) is 19.4 Å². The minimum atomic E-state index is -1.28. The predicted octanol–water partition coefficient (Wildman–Crippen LogP) is 8.91. The molecule has 3 aliphatic rings. The smallest absolute Gasteiger partial charge is 0.271 e. The third kappa shape index (κ3) is 4.68. The molecular formula is C35H12F4N6O3S2. The van der Waals surface area contributed by atoms with Crippen molar-refractivity contribution < 1.29 is 31.9 Å². The Bertz CT molecular complexity index is 2600. The van der Waals surface area contributed by atoms with E-state index in [2.05, 4.69) is 19.7 Å². The van der Waals surface area contributed by atoms with E-state index >= 15 is 0 Å². The topological polar surface area (TPSA) is 124 Å². The van der Waals surface area contributed by atoms with Gasteiger partial charge in [-0.3, -0.25) is 9.59 Å². The number of allylic oxidation sites excluding steroid dienone is 4. The highest BCUT2D eigenvalue weighted by Gasteiger charge is 2.40. The van der Waals surface area contributed by atoms with E-state index in [1.165, 1.54) is 6.07 Å². The van der Waals surface area contributed by atoms with E-state index in [9.17, 15) is 37.7 Å². The zero-order valence-corrected chi connectivity index (χ0v) is 26.8. The molecule has 0 fully saturated rings. The number of hydrogen-bond donors (Lipinski definition) is 0. The summed E-state index contributed by atoms with van der Waals surface area (Å²) in [5.74, 6) is -6.37. The third-order valence-electron chi connectivity index (χ3n) is 8.03. The number of ketones is 2. The van der Waals surface area contributed by atoms with Gasteiger partial charge in [0, 0.05) is 33.9 Å². The van der Waals surface area contributed by atoms with Crippen LogP contribution < -0.4 is 4.74 Å². The molecule has 9 nitrogen and oxygen atoms in total. The minimum Gasteiger partial charge on any atom is -0.481 e. The van der Waals surface area contributed by atoms with Crippen LogP contribution in [0.1, 0.15) is 51.3 Å². The molecule has 0 atom stereocenters. The summed E-state index contributed by atoms with van der Waals surface area (Å²) in [4.78, 5) is 43.2. The molecule has 1 aliphatic heterocycles. The van der Waals surface area contributed by atoms with Gasteiger partial charge in [0.2, 0.25) is 11.6 Å². The molecule has 0 amide bonds. The molecule has 240 valence electrons. The van der Waals surface area contributed by atoms with Crippen LogP contribution in [-0.4, -0.2) is 23.0 Å². The first-order chi connectivity index (χ1) is 23.8. The fourth-order valence-corrected chi connectivity index (χ4v) is 8.13. The average molecular weight is 705 g/mol. The van der Waals surface area contributed by atoms with E-state index in [1.807, 2.05) is 0 Å². The van der Waals surface area contributed by atoms with E-state index in [0.717, 1.165) is 34.8 Å². The Balaban J connectivity index is 1.36. The molecular weight excluding hydrogens is 693 g/mol. The van der Waals surface area contributed by atoms with Gasteiger partial charge in [-0.25, -0.2) is 47.8 Å². The number of thiophene rings is 2. The normalized spacial score (nSPS) is 18.7. The molecule has 2 aromatic heterocycles. The summed E-state index contributed by atoms with van der Waals surface area (Å²) < 4.78 is 62.9. The first kappa shape index (κ1) is 32.0. The van der Waals surface area contributed by atoms with Gasteiger partial charge in [-0.05, 0) is 55.3 Å². The van der Waals surface area contributed by atoms with Crippen LogP contribution in [0.15, 0.2) is 57.8 Å². The fraction of sp³-hybridized carbons (Fsp3) is 0.0857. The lowest BCUT2D eigenvalue weighted by atomic mass is 9.95. The second-order valence-electron chi connectivity index (χ2n) is 11.3. The Morgan fingerprint density at radius 2 is 1.14 bits per heavy atom. The Morgan fingerprint density at radius 1 is 0.720 bits per heavy atom. The lowest BCUT2D eigenvalue weighted by molar-refractivity contribution is 0.106. The summed E-state index contributed by atoms with van der Waals surface area (Å²) in [5, 5.41) is 19.7. The molecule has 0 radical (unpaired) electrons. The van der Waals surface area contributed by atoms with Crippen LogP contribution in [0, 0.1) is 59.1 Å². The SMILES string of the molecule is [C-]#[N+]C(C#N)=C1C(=Nc2cc3c(s2)-c2sc(N=C4C(=O)c5cc(F)c(F)cc5/C4=C(/C#N)[N+]#[C-])cc2C(C)(C)O3)C(=O)c2cc(F)c(F)cc21. The summed E-state index contributed by atoms with van der Waals surface area (Å²) in [5.41, 5.74) is -3.34. The number of fused-ring (bicyclic) bond motifs is 5. The quantitative estimate of drug-likeness (QED) is 0.117. The number of nitriles is 2. The molecule has 0 saturated heterocycles. The monoisotopic (exact) mass is 704 g/mol. The Morgan fingerprint density at radius 3 is 1.58 bits per heavy atom. The van der Waals surface area contributed by atoms with Crippen molar-refractivity contribution in [3.05, 3.63) is 122 Å². The Hall–Kier alpha value is -6.52. The number of carbonyl (C=O) groups is 2. The summed E-state index contributed by atoms with van der Waals surface area (Å²) in [6.07, 6.45) is 0.